The second kappa shape index (κ2) is 7.95. The lowest BCUT2D eigenvalue weighted by atomic mass is 10.1. The molecule has 0 aliphatic carbocycles. The summed E-state index contributed by atoms with van der Waals surface area (Å²) in [5, 5.41) is 16.4. The van der Waals surface area contributed by atoms with Crippen molar-refractivity contribution in [2.75, 3.05) is 11.9 Å². The minimum atomic E-state index is -0.292. The normalized spacial score (nSPS) is 10.9. The summed E-state index contributed by atoms with van der Waals surface area (Å²) in [4.78, 5) is 12.8. The number of carbonyl (C=O) groups excluding carboxylic acids is 1. The molecule has 1 N–H and O–H groups in total. The molecule has 0 aliphatic rings. The number of nitrogens with one attached hydrogen (secondary N) is 1. The molecule has 7 nitrogen and oxygen atoms in total. The minimum Gasteiger partial charge on any atom is -0.483 e. The smallest absolute Gasteiger partial charge is 0.264 e. The predicted molar refractivity (Wildman–Crippen MR) is 109 cm³/mol. The van der Waals surface area contributed by atoms with Crippen LogP contribution < -0.4 is 10.1 Å². The maximum absolute atomic E-state index is 12.3. The molecule has 0 aliphatic heterocycles. The third-order valence-electron chi connectivity index (χ3n) is 4.03. The van der Waals surface area contributed by atoms with Gasteiger partial charge in [-0.2, -0.15) is 4.52 Å². The van der Waals surface area contributed by atoms with Crippen molar-refractivity contribution in [2.45, 2.75) is 13.3 Å². The number of nitrogens with zero attached hydrogens (tertiary/aromatic N) is 4. The number of benzene rings is 2. The Kier molecular flexibility index (Phi) is 5.23. The molecule has 0 spiro atoms. The predicted octanol–water partition coefficient (Wildman–Crippen LogP) is 4.09. The molecule has 4 aromatic rings. The Morgan fingerprint density at radius 3 is 2.89 bits per heavy atom. The first kappa shape index (κ1) is 18.4. The summed E-state index contributed by atoms with van der Waals surface area (Å²) >= 11 is 7.28. The van der Waals surface area contributed by atoms with Gasteiger partial charge in [-0.1, -0.05) is 60.2 Å². The van der Waals surface area contributed by atoms with E-state index < -0.39 is 0 Å². The van der Waals surface area contributed by atoms with Gasteiger partial charge in [0.2, 0.25) is 10.1 Å². The summed E-state index contributed by atoms with van der Waals surface area (Å²) in [5.74, 6) is 0.976. The molecule has 9 heteroatoms. The molecule has 0 unspecified atom stereocenters. The third kappa shape index (κ3) is 3.83. The van der Waals surface area contributed by atoms with E-state index in [-0.39, 0.29) is 12.5 Å². The van der Waals surface area contributed by atoms with Gasteiger partial charge in [-0.05, 0) is 30.2 Å². The zero-order valence-corrected chi connectivity index (χ0v) is 16.5. The number of hydrogen-bond acceptors (Lipinski definition) is 6. The van der Waals surface area contributed by atoms with Crippen molar-refractivity contribution >= 4 is 38.9 Å². The highest BCUT2D eigenvalue weighted by Gasteiger charge is 2.15. The van der Waals surface area contributed by atoms with Crippen LogP contribution in [0.1, 0.15) is 12.5 Å². The molecule has 28 heavy (non-hydrogen) atoms. The second-order valence-electron chi connectivity index (χ2n) is 5.93. The number of anilines is 1. The molecule has 0 saturated carbocycles. The lowest BCUT2D eigenvalue weighted by molar-refractivity contribution is -0.118. The van der Waals surface area contributed by atoms with Crippen molar-refractivity contribution in [3.05, 3.63) is 59.1 Å². The van der Waals surface area contributed by atoms with E-state index in [2.05, 4.69) is 20.6 Å². The van der Waals surface area contributed by atoms with Crippen molar-refractivity contribution in [2.24, 2.45) is 0 Å². The molecule has 0 radical (unpaired) electrons. The Bertz CT molecular complexity index is 1140. The molecule has 0 saturated heterocycles. The number of aromatic nitrogens is 4. The van der Waals surface area contributed by atoms with E-state index >= 15 is 0 Å². The minimum absolute atomic E-state index is 0.0989. The van der Waals surface area contributed by atoms with E-state index in [9.17, 15) is 4.79 Å². The number of rotatable bonds is 6. The number of aryl methyl sites for hydroxylation is 1. The molecule has 2 aromatic heterocycles. The zero-order chi connectivity index (χ0) is 19.5. The number of ether oxygens (including phenoxy) is 1. The van der Waals surface area contributed by atoms with Crippen LogP contribution in [0.5, 0.6) is 5.75 Å². The molecule has 0 fully saturated rings. The number of para-hydroxylation sites is 1. The highest BCUT2D eigenvalue weighted by atomic mass is 35.5. The molecule has 0 atom stereocenters. The van der Waals surface area contributed by atoms with Gasteiger partial charge in [-0.3, -0.25) is 10.1 Å². The highest BCUT2D eigenvalue weighted by Crippen LogP contribution is 2.25. The van der Waals surface area contributed by atoms with Gasteiger partial charge in [0.25, 0.3) is 5.91 Å². The first-order chi connectivity index (χ1) is 13.6. The number of amides is 1. The van der Waals surface area contributed by atoms with Gasteiger partial charge in [0.05, 0.1) is 0 Å². The average molecular weight is 414 g/mol. The van der Waals surface area contributed by atoms with Crippen molar-refractivity contribution in [3.8, 4) is 17.1 Å². The fourth-order valence-corrected chi connectivity index (χ4v) is 3.66. The molecule has 2 aromatic carbocycles. The van der Waals surface area contributed by atoms with Crippen LogP contribution in [-0.2, 0) is 11.2 Å². The summed E-state index contributed by atoms with van der Waals surface area (Å²) in [6.45, 7) is 1.94. The quantitative estimate of drug-likeness (QED) is 0.515. The van der Waals surface area contributed by atoms with Crippen LogP contribution in [0.2, 0.25) is 5.02 Å². The second-order valence-corrected chi connectivity index (χ2v) is 7.33. The number of halogens is 1. The Hall–Kier alpha value is -2.97. The zero-order valence-electron chi connectivity index (χ0n) is 14.9. The van der Waals surface area contributed by atoms with Gasteiger partial charge in [0.1, 0.15) is 5.75 Å². The maximum atomic E-state index is 12.3. The van der Waals surface area contributed by atoms with Crippen molar-refractivity contribution in [3.63, 3.8) is 0 Å². The molecule has 1 amide bonds. The fraction of sp³-hybridized carbons (Fsp3) is 0.158. The van der Waals surface area contributed by atoms with E-state index in [1.165, 1.54) is 11.3 Å². The van der Waals surface area contributed by atoms with Gasteiger partial charge in [-0.25, -0.2) is 0 Å². The first-order valence-electron chi connectivity index (χ1n) is 8.63. The van der Waals surface area contributed by atoms with Gasteiger partial charge < -0.3 is 4.74 Å². The van der Waals surface area contributed by atoms with E-state index in [1.807, 2.05) is 43.3 Å². The standard InChI is InChI=1S/C19H16ClN5O2S/c1-2-12-6-3-4-9-15(12)27-11-16(26)21-18-24-25-17(22-23-19(25)28-18)13-7-5-8-14(20)10-13/h3-10H,2,11H2,1H3,(H,21,24,26). The largest absolute Gasteiger partial charge is 0.483 e. The monoisotopic (exact) mass is 413 g/mol. The number of hydrogen-bond donors (Lipinski definition) is 1. The summed E-state index contributed by atoms with van der Waals surface area (Å²) in [6.07, 6.45) is 0.834. The molecule has 2 heterocycles. The Morgan fingerprint density at radius 2 is 2.07 bits per heavy atom. The number of carbonyl (C=O) groups is 1. The molecular formula is C19H16ClN5O2S. The maximum Gasteiger partial charge on any atom is 0.264 e. The summed E-state index contributed by atoms with van der Waals surface area (Å²) in [5.41, 5.74) is 1.85. The third-order valence-corrected chi connectivity index (χ3v) is 5.08. The van der Waals surface area contributed by atoms with E-state index in [0.717, 1.165) is 17.5 Å². The molecule has 0 bridgehead atoms. The average Bonchev–Trinajstić information content (AvgIpc) is 3.26. The van der Waals surface area contributed by atoms with Gasteiger partial charge in [0, 0.05) is 10.6 Å². The van der Waals surface area contributed by atoms with Crippen LogP contribution in [0.15, 0.2) is 48.5 Å². The van der Waals surface area contributed by atoms with Crippen molar-refractivity contribution in [1.82, 2.24) is 19.8 Å². The SMILES string of the molecule is CCc1ccccc1OCC(=O)Nc1nn2c(-c3cccc(Cl)c3)nnc2s1. The fourth-order valence-electron chi connectivity index (χ4n) is 2.71. The molecule has 4 rings (SSSR count). The number of fused-ring (bicyclic) bond motifs is 1. The molecular weight excluding hydrogens is 398 g/mol. The van der Waals surface area contributed by atoms with Crippen LogP contribution in [0.3, 0.4) is 0 Å². The first-order valence-corrected chi connectivity index (χ1v) is 9.82. The summed E-state index contributed by atoms with van der Waals surface area (Å²) in [7, 11) is 0. The Morgan fingerprint density at radius 1 is 1.21 bits per heavy atom. The van der Waals surface area contributed by atoms with E-state index in [4.69, 9.17) is 16.3 Å². The highest BCUT2D eigenvalue weighted by molar-refractivity contribution is 7.20. The molecule has 142 valence electrons. The van der Waals surface area contributed by atoms with Crippen molar-refractivity contribution in [1.29, 1.82) is 0 Å². The lowest BCUT2D eigenvalue weighted by Gasteiger charge is -2.09. The van der Waals surface area contributed by atoms with E-state index in [0.29, 0.717) is 26.7 Å². The van der Waals surface area contributed by atoms with Crippen molar-refractivity contribution < 1.29 is 9.53 Å². The summed E-state index contributed by atoms with van der Waals surface area (Å²) in [6, 6.07) is 14.9. The van der Waals surface area contributed by atoms with Crippen LogP contribution in [0.4, 0.5) is 5.13 Å². The van der Waals surface area contributed by atoms with Gasteiger partial charge in [-0.15, -0.1) is 15.3 Å². The topological polar surface area (TPSA) is 81.4 Å². The van der Waals surface area contributed by atoms with E-state index in [1.54, 1.807) is 16.6 Å². The summed E-state index contributed by atoms with van der Waals surface area (Å²) < 4.78 is 7.22. The van der Waals surface area contributed by atoms with Gasteiger partial charge in [0.15, 0.2) is 12.4 Å². The van der Waals surface area contributed by atoms with Crippen LogP contribution in [-0.4, -0.2) is 32.3 Å². The van der Waals surface area contributed by atoms with Crippen LogP contribution >= 0.6 is 22.9 Å². The van der Waals surface area contributed by atoms with Crippen LogP contribution in [0, 0.1) is 0 Å². The Labute approximate surface area is 169 Å². The van der Waals surface area contributed by atoms with Gasteiger partial charge >= 0.3 is 0 Å². The Balaban J connectivity index is 1.47. The van der Waals surface area contributed by atoms with Crippen LogP contribution in [0.25, 0.3) is 16.3 Å². The lowest BCUT2D eigenvalue weighted by Crippen LogP contribution is -2.20.